The van der Waals surface area contributed by atoms with Crippen LogP contribution >= 0.6 is 0 Å². The molecule has 0 bridgehead atoms. The molecule has 1 amide bonds. The van der Waals surface area contributed by atoms with Crippen LogP contribution < -0.4 is 0 Å². The van der Waals surface area contributed by atoms with E-state index in [0.29, 0.717) is 32.8 Å². The van der Waals surface area contributed by atoms with Gasteiger partial charge in [0.15, 0.2) is 12.6 Å². The van der Waals surface area contributed by atoms with Gasteiger partial charge in [-0.1, -0.05) is 11.8 Å². The van der Waals surface area contributed by atoms with Gasteiger partial charge >= 0.3 is 0 Å². The predicted octanol–water partition coefficient (Wildman–Crippen LogP) is 1.68. The molecule has 0 aromatic carbocycles. The minimum absolute atomic E-state index is 0.0128. The van der Waals surface area contributed by atoms with Crippen LogP contribution in [-0.4, -0.2) is 62.4 Å². The fourth-order valence-electron chi connectivity index (χ4n) is 3.30. The molecule has 0 aromatic heterocycles. The summed E-state index contributed by atoms with van der Waals surface area (Å²) in [5.74, 6) is 6.45. The van der Waals surface area contributed by atoms with Gasteiger partial charge in [0.2, 0.25) is 5.91 Å². The van der Waals surface area contributed by atoms with Gasteiger partial charge in [-0.3, -0.25) is 4.79 Å². The van der Waals surface area contributed by atoms with Crippen molar-refractivity contribution in [1.82, 2.24) is 4.90 Å². The first-order valence-corrected chi connectivity index (χ1v) is 9.07. The third kappa shape index (κ3) is 5.18. The van der Waals surface area contributed by atoms with Gasteiger partial charge in [-0.2, -0.15) is 0 Å². The summed E-state index contributed by atoms with van der Waals surface area (Å²) >= 11 is 0. The summed E-state index contributed by atoms with van der Waals surface area (Å²) in [6, 6.07) is 0.0128. The molecular formula is C18H27NO5. The van der Waals surface area contributed by atoms with Gasteiger partial charge in [0.05, 0.1) is 19.3 Å². The Kier molecular flexibility index (Phi) is 6.91. The van der Waals surface area contributed by atoms with Crippen molar-refractivity contribution in [2.45, 2.75) is 63.6 Å². The first kappa shape index (κ1) is 17.7. The Balaban J connectivity index is 1.38. The van der Waals surface area contributed by atoms with Crippen molar-refractivity contribution in [3.8, 4) is 11.8 Å². The molecule has 0 aliphatic carbocycles. The second-order valence-corrected chi connectivity index (χ2v) is 6.38. The minimum atomic E-state index is -0.110. The van der Waals surface area contributed by atoms with Crippen LogP contribution in [0.3, 0.4) is 0 Å². The molecule has 0 saturated carbocycles. The second-order valence-electron chi connectivity index (χ2n) is 6.38. The Hall–Kier alpha value is -1.13. The van der Waals surface area contributed by atoms with E-state index in [4.69, 9.17) is 18.9 Å². The molecular weight excluding hydrogens is 310 g/mol. The molecule has 0 aromatic rings. The quantitative estimate of drug-likeness (QED) is 0.690. The summed E-state index contributed by atoms with van der Waals surface area (Å²) in [4.78, 5) is 13.9. The van der Waals surface area contributed by atoms with Crippen LogP contribution in [0.25, 0.3) is 0 Å². The number of nitrogens with zero attached hydrogens (tertiary/aromatic N) is 1. The summed E-state index contributed by atoms with van der Waals surface area (Å²) in [7, 11) is 0. The van der Waals surface area contributed by atoms with Crippen LogP contribution in [0.2, 0.25) is 0 Å². The Morgan fingerprint density at radius 3 is 2.79 bits per heavy atom. The van der Waals surface area contributed by atoms with Crippen LogP contribution in [0, 0.1) is 11.8 Å². The van der Waals surface area contributed by atoms with Gasteiger partial charge < -0.3 is 23.8 Å². The van der Waals surface area contributed by atoms with E-state index in [1.165, 1.54) is 0 Å². The van der Waals surface area contributed by atoms with E-state index in [9.17, 15) is 4.79 Å². The van der Waals surface area contributed by atoms with Crippen LogP contribution in [0.15, 0.2) is 0 Å². The van der Waals surface area contributed by atoms with E-state index in [2.05, 4.69) is 11.8 Å². The fourth-order valence-corrected chi connectivity index (χ4v) is 3.30. The summed E-state index contributed by atoms with van der Waals surface area (Å²) in [6.45, 7) is 3.20. The molecule has 2 unspecified atom stereocenters. The molecule has 3 heterocycles. The zero-order valence-electron chi connectivity index (χ0n) is 14.2. The zero-order valence-corrected chi connectivity index (χ0v) is 14.2. The molecule has 3 aliphatic rings. The Morgan fingerprint density at radius 2 is 2.00 bits per heavy atom. The number of rotatable bonds is 6. The Labute approximate surface area is 143 Å². The van der Waals surface area contributed by atoms with Gasteiger partial charge in [0.1, 0.15) is 6.61 Å². The van der Waals surface area contributed by atoms with Crippen LogP contribution in [0.5, 0.6) is 0 Å². The lowest BCUT2D eigenvalue weighted by molar-refractivity contribution is -0.154. The standard InChI is InChI=1S/C18H27NO5/c20-16-9-8-15(5-4-12-22-17-6-1-2-11-21-17)19(16)10-3-7-18-23-13-14-24-18/h15,17-18H,1-3,6-14H2. The number of ether oxygens (including phenoxy) is 4. The lowest BCUT2D eigenvalue weighted by Gasteiger charge is -2.22. The molecule has 3 fully saturated rings. The lowest BCUT2D eigenvalue weighted by atomic mass is 10.2. The fraction of sp³-hybridized carbons (Fsp3) is 0.833. The van der Waals surface area contributed by atoms with Crippen molar-refractivity contribution >= 4 is 5.91 Å². The maximum absolute atomic E-state index is 12.0. The third-order valence-electron chi connectivity index (χ3n) is 4.61. The van der Waals surface area contributed by atoms with Gasteiger partial charge in [-0.15, -0.1) is 0 Å². The SMILES string of the molecule is O=C1CCC(C#CCOC2CCCCO2)N1CCCC1OCCO1. The molecule has 0 spiro atoms. The van der Waals surface area contributed by atoms with E-state index in [-0.39, 0.29) is 24.5 Å². The third-order valence-corrected chi connectivity index (χ3v) is 4.61. The Bertz CT molecular complexity index is 460. The van der Waals surface area contributed by atoms with Gasteiger partial charge in [-0.25, -0.2) is 0 Å². The average Bonchev–Trinajstić information content (AvgIpc) is 3.24. The summed E-state index contributed by atoms with van der Waals surface area (Å²) in [5, 5.41) is 0. The van der Waals surface area contributed by atoms with Crippen molar-refractivity contribution in [3.63, 3.8) is 0 Å². The van der Waals surface area contributed by atoms with E-state index in [0.717, 1.165) is 45.1 Å². The molecule has 24 heavy (non-hydrogen) atoms. The number of amides is 1. The maximum Gasteiger partial charge on any atom is 0.223 e. The maximum atomic E-state index is 12.0. The highest BCUT2D eigenvalue weighted by Crippen LogP contribution is 2.20. The second kappa shape index (κ2) is 9.38. The summed E-state index contributed by atoms with van der Waals surface area (Å²) in [5.41, 5.74) is 0. The zero-order chi connectivity index (χ0) is 16.6. The molecule has 0 radical (unpaired) electrons. The predicted molar refractivity (Wildman–Crippen MR) is 87.0 cm³/mol. The lowest BCUT2D eigenvalue weighted by Crippen LogP contribution is -2.33. The average molecular weight is 337 g/mol. The molecule has 3 aliphatic heterocycles. The Morgan fingerprint density at radius 1 is 1.12 bits per heavy atom. The van der Waals surface area contributed by atoms with Crippen molar-refractivity contribution in [1.29, 1.82) is 0 Å². The van der Waals surface area contributed by atoms with E-state index in [1.54, 1.807) is 0 Å². The highest BCUT2D eigenvalue weighted by molar-refractivity contribution is 5.79. The van der Waals surface area contributed by atoms with Gasteiger partial charge in [-0.05, 0) is 32.1 Å². The highest BCUT2D eigenvalue weighted by atomic mass is 16.7. The van der Waals surface area contributed by atoms with Crippen LogP contribution in [0.1, 0.15) is 44.9 Å². The first-order valence-electron chi connectivity index (χ1n) is 9.07. The molecule has 6 heteroatoms. The van der Waals surface area contributed by atoms with Gasteiger partial charge in [0, 0.05) is 26.0 Å². The van der Waals surface area contributed by atoms with E-state index >= 15 is 0 Å². The minimum Gasteiger partial charge on any atom is -0.353 e. The van der Waals surface area contributed by atoms with Crippen molar-refractivity contribution < 1.29 is 23.7 Å². The molecule has 6 nitrogen and oxygen atoms in total. The molecule has 2 atom stereocenters. The summed E-state index contributed by atoms with van der Waals surface area (Å²) < 4.78 is 22.0. The number of hydrogen-bond acceptors (Lipinski definition) is 5. The van der Waals surface area contributed by atoms with Crippen LogP contribution in [-0.2, 0) is 23.7 Å². The van der Waals surface area contributed by atoms with Crippen molar-refractivity contribution in [3.05, 3.63) is 0 Å². The van der Waals surface area contributed by atoms with Crippen molar-refractivity contribution in [2.75, 3.05) is 33.0 Å². The highest BCUT2D eigenvalue weighted by Gasteiger charge is 2.29. The van der Waals surface area contributed by atoms with Gasteiger partial charge in [0.25, 0.3) is 0 Å². The van der Waals surface area contributed by atoms with Crippen LogP contribution in [0.4, 0.5) is 0 Å². The molecule has 134 valence electrons. The topological polar surface area (TPSA) is 57.2 Å². The van der Waals surface area contributed by atoms with E-state index < -0.39 is 0 Å². The number of carbonyl (C=O) groups excluding carboxylic acids is 1. The molecule has 0 N–H and O–H groups in total. The normalized spacial score (nSPS) is 28.2. The summed E-state index contributed by atoms with van der Waals surface area (Å²) in [6.07, 6.45) is 6.09. The first-order chi connectivity index (χ1) is 11.8. The smallest absolute Gasteiger partial charge is 0.223 e. The van der Waals surface area contributed by atoms with E-state index in [1.807, 2.05) is 4.90 Å². The molecule has 3 saturated heterocycles. The number of carbonyl (C=O) groups is 1. The largest absolute Gasteiger partial charge is 0.353 e. The number of hydrogen-bond donors (Lipinski definition) is 0. The van der Waals surface area contributed by atoms with Crippen molar-refractivity contribution in [2.24, 2.45) is 0 Å². The monoisotopic (exact) mass is 337 g/mol. The molecule has 3 rings (SSSR count). The number of likely N-dealkylation sites (tertiary alicyclic amines) is 1.